The van der Waals surface area contributed by atoms with E-state index < -0.39 is 6.04 Å². The molecule has 0 saturated carbocycles. The van der Waals surface area contributed by atoms with Gasteiger partial charge in [-0.1, -0.05) is 29.8 Å². The van der Waals surface area contributed by atoms with E-state index in [1.807, 2.05) is 37.3 Å². The van der Waals surface area contributed by atoms with Gasteiger partial charge < -0.3 is 20.0 Å². The number of rotatable bonds is 3. The molecule has 1 aromatic carbocycles. The quantitative estimate of drug-likeness (QED) is 0.909. The Kier molecular flexibility index (Phi) is 3.37. The van der Waals surface area contributed by atoms with E-state index >= 15 is 0 Å². The summed E-state index contributed by atoms with van der Waals surface area (Å²) in [5.74, 6) is 0.634. The highest BCUT2D eigenvalue weighted by Gasteiger charge is 2.40. The minimum atomic E-state index is -0.428. The first-order valence-corrected chi connectivity index (χ1v) is 7.80. The van der Waals surface area contributed by atoms with Crippen LogP contribution in [0.5, 0.6) is 0 Å². The molecule has 0 bridgehead atoms. The van der Waals surface area contributed by atoms with Crippen LogP contribution in [-0.4, -0.2) is 23.4 Å². The molecule has 2 aromatic rings. The van der Waals surface area contributed by atoms with Gasteiger partial charge in [0.1, 0.15) is 5.76 Å². The van der Waals surface area contributed by atoms with Crippen molar-refractivity contribution in [3.63, 3.8) is 0 Å². The van der Waals surface area contributed by atoms with Gasteiger partial charge in [-0.15, -0.1) is 0 Å². The summed E-state index contributed by atoms with van der Waals surface area (Å²) in [5, 5.41) is 5.63. The Labute approximate surface area is 139 Å². The maximum Gasteiger partial charge on any atom is 0.319 e. The molecule has 0 aliphatic carbocycles. The average molecular weight is 323 g/mol. The van der Waals surface area contributed by atoms with Crippen LogP contribution in [-0.2, 0) is 11.3 Å². The molecule has 0 radical (unpaired) electrons. The molecular weight excluding hydrogens is 306 g/mol. The first-order chi connectivity index (χ1) is 11.6. The minimum Gasteiger partial charge on any atom is -0.467 e. The van der Waals surface area contributed by atoms with Gasteiger partial charge in [-0.25, -0.2) is 4.79 Å². The number of nitrogens with zero attached hydrogens (tertiary/aromatic N) is 1. The lowest BCUT2D eigenvalue weighted by Gasteiger charge is -2.25. The van der Waals surface area contributed by atoms with Crippen LogP contribution < -0.4 is 10.6 Å². The molecule has 0 fully saturated rings. The summed E-state index contributed by atoms with van der Waals surface area (Å²) in [4.78, 5) is 26.6. The van der Waals surface area contributed by atoms with Crippen LogP contribution in [0.15, 0.2) is 58.3 Å². The Morgan fingerprint density at radius 2 is 2.12 bits per heavy atom. The second-order valence-corrected chi connectivity index (χ2v) is 6.08. The van der Waals surface area contributed by atoms with Crippen molar-refractivity contribution in [2.75, 3.05) is 6.54 Å². The van der Waals surface area contributed by atoms with Crippen LogP contribution in [0.2, 0.25) is 0 Å². The topological polar surface area (TPSA) is 74.6 Å². The molecule has 1 unspecified atom stereocenters. The van der Waals surface area contributed by atoms with Gasteiger partial charge >= 0.3 is 6.03 Å². The molecule has 24 heavy (non-hydrogen) atoms. The van der Waals surface area contributed by atoms with Crippen molar-refractivity contribution in [1.29, 1.82) is 0 Å². The number of hydrogen-bond donors (Lipinski definition) is 2. The van der Waals surface area contributed by atoms with Crippen LogP contribution in [0.4, 0.5) is 4.79 Å². The summed E-state index contributed by atoms with van der Waals surface area (Å²) < 4.78 is 5.33. The zero-order valence-electron chi connectivity index (χ0n) is 13.2. The second-order valence-electron chi connectivity index (χ2n) is 6.08. The molecule has 2 aliphatic heterocycles. The van der Waals surface area contributed by atoms with Crippen molar-refractivity contribution in [2.45, 2.75) is 19.5 Å². The number of urea groups is 1. The van der Waals surface area contributed by atoms with Crippen molar-refractivity contribution < 1.29 is 14.0 Å². The largest absolute Gasteiger partial charge is 0.467 e. The van der Waals surface area contributed by atoms with Crippen LogP contribution in [0.3, 0.4) is 0 Å². The number of benzene rings is 1. The molecule has 3 amide bonds. The Hall–Kier alpha value is -3.02. The molecular formula is C18H17N3O3. The molecule has 2 N–H and O–H groups in total. The first kappa shape index (κ1) is 14.6. The van der Waals surface area contributed by atoms with E-state index in [4.69, 9.17) is 4.42 Å². The Balaban J connectivity index is 1.66. The summed E-state index contributed by atoms with van der Waals surface area (Å²) in [5.41, 5.74) is 3.26. The molecule has 1 atom stereocenters. The summed E-state index contributed by atoms with van der Waals surface area (Å²) in [7, 11) is 0. The number of carbonyl (C=O) groups is 2. The standard InChI is InChI=1S/C18H17N3O3/c1-11-4-2-5-12(8-11)16-15-14(19-18(23)20-16)10-21(17(15)22)9-13-6-3-7-24-13/h2-8,16H,9-10H2,1H3,(H2,19,20,23). The predicted molar refractivity (Wildman–Crippen MR) is 86.7 cm³/mol. The molecule has 1 aromatic heterocycles. The summed E-state index contributed by atoms with van der Waals surface area (Å²) in [6.45, 7) is 2.75. The van der Waals surface area contributed by atoms with Crippen LogP contribution in [0, 0.1) is 6.92 Å². The number of hydrogen-bond acceptors (Lipinski definition) is 3. The molecule has 2 aliphatic rings. The smallest absolute Gasteiger partial charge is 0.319 e. The maximum atomic E-state index is 12.9. The van der Waals surface area contributed by atoms with Crippen molar-refractivity contribution in [3.8, 4) is 0 Å². The lowest BCUT2D eigenvalue weighted by Crippen LogP contribution is -2.44. The number of amides is 3. The molecule has 6 nitrogen and oxygen atoms in total. The number of aryl methyl sites for hydroxylation is 1. The van der Waals surface area contributed by atoms with E-state index in [-0.39, 0.29) is 11.9 Å². The van der Waals surface area contributed by atoms with Gasteiger partial charge in [0.2, 0.25) is 0 Å². The highest BCUT2D eigenvalue weighted by Crippen LogP contribution is 2.33. The summed E-state index contributed by atoms with van der Waals surface area (Å²) in [6, 6.07) is 10.7. The van der Waals surface area contributed by atoms with Crippen molar-refractivity contribution in [3.05, 3.63) is 70.8 Å². The van der Waals surface area contributed by atoms with Crippen LogP contribution in [0.25, 0.3) is 0 Å². The first-order valence-electron chi connectivity index (χ1n) is 7.80. The lowest BCUT2D eigenvalue weighted by molar-refractivity contribution is -0.126. The summed E-state index contributed by atoms with van der Waals surface area (Å²) >= 11 is 0. The van der Waals surface area contributed by atoms with Gasteiger partial charge in [0.25, 0.3) is 5.91 Å². The second kappa shape index (κ2) is 5.56. The van der Waals surface area contributed by atoms with Gasteiger partial charge in [0.05, 0.1) is 36.7 Å². The number of nitrogens with one attached hydrogen (secondary N) is 2. The van der Waals surface area contributed by atoms with Crippen LogP contribution in [0.1, 0.15) is 22.9 Å². The number of carbonyl (C=O) groups excluding carboxylic acids is 2. The highest BCUT2D eigenvalue weighted by molar-refractivity contribution is 6.01. The van der Waals surface area contributed by atoms with Gasteiger partial charge in [-0.3, -0.25) is 4.79 Å². The zero-order valence-corrected chi connectivity index (χ0v) is 13.2. The third-order valence-corrected chi connectivity index (χ3v) is 4.32. The fourth-order valence-electron chi connectivity index (χ4n) is 3.25. The van der Waals surface area contributed by atoms with E-state index in [0.717, 1.165) is 16.9 Å². The predicted octanol–water partition coefficient (Wildman–Crippen LogP) is 2.24. The van der Waals surface area contributed by atoms with Crippen molar-refractivity contribution in [1.82, 2.24) is 15.5 Å². The monoisotopic (exact) mass is 323 g/mol. The Bertz CT molecular complexity index is 839. The van der Waals surface area contributed by atoms with E-state index in [1.54, 1.807) is 17.2 Å². The third-order valence-electron chi connectivity index (χ3n) is 4.32. The highest BCUT2D eigenvalue weighted by atomic mass is 16.3. The third kappa shape index (κ3) is 2.46. The minimum absolute atomic E-state index is 0.0830. The fourth-order valence-corrected chi connectivity index (χ4v) is 3.25. The molecule has 0 saturated heterocycles. The van der Waals surface area contributed by atoms with E-state index in [2.05, 4.69) is 10.6 Å². The SMILES string of the molecule is Cc1cccc(C2NC(=O)NC3=C2C(=O)N(Cc2ccco2)C3)c1. The fraction of sp³-hybridized carbons (Fsp3) is 0.222. The van der Waals surface area contributed by atoms with Crippen LogP contribution >= 0.6 is 0 Å². The van der Waals surface area contributed by atoms with Crippen molar-refractivity contribution in [2.24, 2.45) is 0 Å². The van der Waals surface area contributed by atoms with Gasteiger partial charge in [-0.2, -0.15) is 0 Å². The maximum absolute atomic E-state index is 12.9. The molecule has 0 spiro atoms. The average Bonchev–Trinajstić information content (AvgIpc) is 3.16. The van der Waals surface area contributed by atoms with E-state index in [9.17, 15) is 9.59 Å². The molecule has 4 rings (SSSR count). The normalized spacial score (nSPS) is 20.0. The lowest BCUT2D eigenvalue weighted by atomic mass is 9.95. The molecule has 122 valence electrons. The van der Waals surface area contributed by atoms with Crippen molar-refractivity contribution >= 4 is 11.9 Å². The van der Waals surface area contributed by atoms with Gasteiger partial charge in [0, 0.05) is 0 Å². The molecule has 3 heterocycles. The Morgan fingerprint density at radius 1 is 1.25 bits per heavy atom. The number of furan rings is 1. The molecule has 6 heteroatoms. The van der Waals surface area contributed by atoms with E-state index in [1.165, 1.54) is 0 Å². The Morgan fingerprint density at radius 3 is 2.88 bits per heavy atom. The van der Waals surface area contributed by atoms with E-state index in [0.29, 0.717) is 24.4 Å². The summed E-state index contributed by atoms with van der Waals surface area (Å²) in [6.07, 6.45) is 1.59. The van der Waals surface area contributed by atoms with Gasteiger partial charge in [-0.05, 0) is 24.6 Å². The zero-order chi connectivity index (χ0) is 16.7. The van der Waals surface area contributed by atoms with Gasteiger partial charge in [0.15, 0.2) is 0 Å².